The number of nitrogens with zero attached hydrogens (tertiary/aromatic N) is 2. The summed E-state index contributed by atoms with van der Waals surface area (Å²) in [6, 6.07) is 1.37. The van der Waals surface area contributed by atoms with Crippen LogP contribution in [0.25, 0.3) is 0 Å². The van der Waals surface area contributed by atoms with E-state index in [1.54, 1.807) is 0 Å². The molecule has 0 spiro atoms. The maximum Gasteiger partial charge on any atom is 0.287 e. The molecule has 0 fully saturated rings. The first-order valence-corrected chi connectivity index (χ1v) is 5.07. The number of nitrogen functional groups attached to an aromatic ring is 1. The van der Waals surface area contributed by atoms with E-state index in [4.69, 9.17) is 15.7 Å². The van der Waals surface area contributed by atoms with Crippen LogP contribution in [0, 0.1) is 0 Å². The van der Waals surface area contributed by atoms with Crippen molar-refractivity contribution < 1.29 is 18.6 Å². The summed E-state index contributed by atoms with van der Waals surface area (Å²) >= 11 is 0. The van der Waals surface area contributed by atoms with E-state index in [1.807, 2.05) is 0 Å². The van der Waals surface area contributed by atoms with Crippen LogP contribution in [0.1, 0.15) is 5.82 Å². The molecule has 0 radical (unpaired) electrons. The van der Waals surface area contributed by atoms with Crippen molar-refractivity contribution in [3.63, 3.8) is 0 Å². The summed E-state index contributed by atoms with van der Waals surface area (Å²) in [5, 5.41) is 10.8. The monoisotopic (exact) mass is 263 g/mol. The fourth-order valence-electron chi connectivity index (χ4n) is 1.13. The normalized spacial score (nSPS) is 11.4. The molecule has 18 heavy (non-hydrogen) atoms. The predicted molar refractivity (Wildman–Crippen MR) is 61.1 cm³/mol. The number of rotatable bonds is 7. The summed E-state index contributed by atoms with van der Waals surface area (Å²) < 4.78 is 30.5. The highest BCUT2D eigenvalue weighted by molar-refractivity contribution is 5.46. The van der Waals surface area contributed by atoms with Crippen molar-refractivity contribution >= 4 is 11.6 Å². The molecule has 0 saturated heterocycles. The van der Waals surface area contributed by atoms with Gasteiger partial charge in [0.05, 0.1) is 6.54 Å². The lowest BCUT2D eigenvalue weighted by molar-refractivity contribution is -0.0373. The van der Waals surface area contributed by atoms with E-state index in [1.165, 1.54) is 13.2 Å². The van der Waals surface area contributed by atoms with E-state index in [0.29, 0.717) is 5.82 Å². The number of methoxy groups -OCH3 is 1. The van der Waals surface area contributed by atoms with Gasteiger partial charge in [0.1, 0.15) is 24.8 Å². The number of nitrogens with two attached hydrogens (primary N) is 1. The molecule has 102 valence electrons. The first-order chi connectivity index (χ1) is 8.50. The molecule has 7 nitrogen and oxygen atoms in total. The Balaban J connectivity index is 2.78. The third kappa shape index (κ3) is 4.35. The van der Waals surface area contributed by atoms with Gasteiger partial charge in [-0.1, -0.05) is 0 Å². The van der Waals surface area contributed by atoms with Crippen LogP contribution in [-0.2, 0) is 11.3 Å². The van der Waals surface area contributed by atoms with Gasteiger partial charge in [-0.25, -0.2) is 24.6 Å². The molecule has 0 aliphatic rings. The SMILES string of the molecule is COCc1nc(NN)cc(NCC(F)(F)CO)n1. The van der Waals surface area contributed by atoms with Crippen molar-refractivity contribution in [1.29, 1.82) is 0 Å². The second kappa shape index (κ2) is 6.38. The summed E-state index contributed by atoms with van der Waals surface area (Å²) in [7, 11) is 1.46. The van der Waals surface area contributed by atoms with Crippen LogP contribution in [0.4, 0.5) is 20.4 Å². The van der Waals surface area contributed by atoms with Crippen molar-refractivity contribution in [2.45, 2.75) is 12.5 Å². The molecule has 5 N–H and O–H groups in total. The maximum absolute atomic E-state index is 12.8. The molecule has 1 aromatic heterocycles. The van der Waals surface area contributed by atoms with Crippen LogP contribution in [0.2, 0.25) is 0 Å². The van der Waals surface area contributed by atoms with E-state index in [9.17, 15) is 8.78 Å². The minimum Gasteiger partial charge on any atom is -0.390 e. The van der Waals surface area contributed by atoms with Gasteiger partial charge in [0.25, 0.3) is 5.92 Å². The van der Waals surface area contributed by atoms with Crippen molar-refractivity contribution in [1.82, 2.24) is 9.97 Å². The molecule has 1 rings (SSSR count). The number of anilines is 2. The quantitative estimate of drug-likeness (QED) is 0.403. The van der Waals surface area contributed by atoms with Gasteiger partial charge in [0.15, 0.2) is 5.82 Å². The van der Waals surface area contributed by atoms with E-state index >= 15 is 0 Å². The van der Waals surface area contributed by atoms with Gasteiger partial charge >= 0.3 is 0 Å². The number of hydrogen-bond donors (Lipinski definition) is 4. The molecule has 1 aromatic rings. The van der Waals surface area contributed by atoms with Crippen LogP contribution in [0.15, 0.2) is 6.07 Å². The largest absolute Gasteiger partial charge is 0.390 e. The Hall–Kier alpha value is -1.58. The second-order valence-corrected chi connectivity index (χ2v) is 3.50. The Labute approximate surface area is 102 Å². The molecule has 9 heteroatoms. The highest BCUT2D eigenvalue weighted by Crippen LogP contribution is 2.15. The van der Waals surface area contributed by atoms with E-state index in [-0.39, 0.29) is 18.2 Å². The first-order valence-electron chi connectivity index (χ1n) is 5.07. The Bertz CT molecular complexity index is 391. The molecule has 0 bridgehead atoms. The number of ether oxygens (including phenoxy) is 1. The summed E-state index contributed by atoms with van der Waals surface area (Å²) in [5.41, 5.74) is 2.29. The number of hydrogen-bond acceptors (Lipinski definition) is 7. The minimum atomic E-state index is -3.22. The average Bonchev–Trinajstić information content (AvgIpc) is 2.37. The molecular weight excluding hydrogens is 248 g/mol. The zero-order valence-electron chi connectivity index (χ0n) is 9.78. The van der Waals surface area contributed by atoms with Crippen molar-refractivity contribution in [3.8, 4) is 0 Å². The number of hydrazine groups is 1. The van der Waals surface area contributed by atoms with Crippen molar-refractivity contribution in [2.24, 2.45) is 5.84 Å². The minimum absolute atomic E-state index is 0.126. The third-order valence-electron chi connectivity index (χ3n) is 1.95. The topological polar surface area (TPSA) is 105 Å². The Morgan fingerprint density at radius 3 is 2.67 bits per heavy atom. The van der Waals surface area contributed by atoms with Crippen LogP contribution in [-0.4, -0.2) is 41.3 Å². The standard InChI is InChI=1S/C9H15F2N5O2/c1-18-3-8-14-6(2-7(15-8)16-12)13-4-9(10,11)5-17/h2,17H,3-5,12H2,1H3,(H2,13,14,15,16). The second-order valence-electron chi connectivity index (χ2n) is 3.50. The van der Waals surface area contributed by atoms with Crippen molar-refractivity contribution in [3.05, 3.63) is 11.9 Å². The van der Waals surface area contributed by atoms with Crippen LogP contribution >= 0.6 is 0 Å². The summed E-state index contributed by atoms with van der Waals surface area (Å²) in [5.74, 6) is 2.70. The van der Waals surface area contributed by atoms with Gasteiger partial charge in [-0.15, -0.1) is 0 Å². The highest BCUT2D eigenvalue weighted by Gasteiger charge is 2.27. The van der Waals surface area contributed by atoms with Gasteiger partial charge in [0.2, 0.25) is 0 Å². The summed E-state index contributed by atoms with van der Waals surface area (Å²) in [6.45, 7) is -1.85. The summed E-state index contributed by atoms with van der Waals surface area (Å²) in [4.78, 5) is 7.91. The fraction of sp³-hybridized carbons (Fsp3) is 0.556. The lowest BCUT2D eigenvalue weighted by atomic mass is 10.3. The molecule has 1 heterocycles. The molecule has 0 unspecified atom stereocenters. The van der Waals surface area contributed by atoms with Crippen LogP contribution in [0.3, 0.4) is 0 Å². The zero-order chi connectivity index (χ0) is 13.6. The Kier molecular flexibility index (Phi) is 5.13. The highest BCUT2D eigenvalue weighted by atomic mass is 19.3. The number of aromatic nitrogens is 2. The number of aliphatic hydroxyl groups is 1. The first kappa shape index (κ1) is 14.5. The molecule has 0 aliphatic carbocycles. The Morgan fingerprint density at radius 1 is 1.44 bits per heavy atom. The van der Waals surface area contributed by atoms with E-state index in [0.717, 1.165) is 0 Å². The van der Waals surface area contributed by atoms with Gasteiger partial charge < -0.3 is 20.6 Å². The van der Waals surface area contributed by atoms with Gasteiger partial charge in [-0.2, -0.15) is 0 Å². The average molecular weight is 263 g/mol. The molecule has 0 aromatic carbocycles. The van der Waals surface area contributed by atoms with Gasteiger partial charge in [-0.3, -0.25) is 0 Å². The number of halogens is 2. The fourth-order valence-corrected chi connectivity index (χ4v) is 1.13. The van der Waals surface area contributed by atoms with E-state index in [2.05, 4.69) is 20.7 Å². The predicted octanol–water partition coefficient (Wildman–Crippen LogP) is -0.0519. The number of nitrogens with one attached hydrogen (secondary N) is 2. The zero-order valence-corrected chi connectivity index (χ0v) is 9.78. The molecule has 0 aliphatic heterocycles. The molecule has 0 amide bonds. The van der Waals surface area contributed by atoms with Crippen LogP contribution in [0.5, 0.6) is 0 Å². The van der Waals surface area contributed by atoms with Crippen LogP contribution < -0.4 is 16.6 Å². The van der Waals surface area contributed by atoms with Crippen molar-refractivity contribution in [2.75, 3.05) is 31.0 Å². The molecule has 0 atom stereocenters. The smallest absolute Gasteiger partial charge is 0.287 e. The molecular formula is C9H15F2N5O2. The molecule has 0 saturated carbocycles. The lowest BCUT2D eigenvalue weighted by Crippen LogP contribution is -2.31. The van der Waals surface area contributed by atoms with E-state index < -0.39 is 19.1 Å². The van der Waals surface area contributed by atoms with Gasteiger partial charge in [0, 0.05) is 13.2 Å². The lowest BCUT2D eigenvalue weighted by Gasteiger charge is -2.15. The number of aliphatic hydroxyl groups excluding tert-OH is 1. The Morgan fingerprint density at radius 2 is 2.11 bits per heavy atom. The third-order valence-corrected chi connectivity index (χ3v) is 1.95. The summed E-state index contributed by atoms with van der Waals surface area (Å²) in [6.07, 6.45) is 0. The number of alkyl halides is 2. The maximum atomic E-state index is 12.8. The van der Waals surface area contributed by atoms with Gasteiger partial charge in [-0.05, 0) is 0 Å².